The molecule has 0 aliphatic heterocycles. The van der Waals surface area contributed by atoms with Crippen molar-refractivity contribution in [3.05, 3.63) is 0 Å². The number of nitrogens with one attached hydrogen (secondary N) is 2. The van der Waals surface area contributed by atoms with Gasteiger partial charge >= 0.3 is 0 Å². The summed E-state index contributed by atoms with van der Waals surface area (Å²) in [6.07, 6.45) is 0. The molecule has 4 nitrogen and oxygen atoms in total. The minimum atomic E-state index is -0.0989. The number of nitrogens with zero attached hydrogens (tertiary/aromatic N) is 1. The quantitative estimate of drug-likeness (QED) is 0.441. The van der Waals surface area contributed by atoms with Gasteiger partial charge in [-0.05, 0) is 13.8 Å². The van der Waals surface area contributed by atoms with E-state index in [1.54, 1.807) is 0 Å². The van der Waals surface area contributed by atoms with Gasteiger partial charge in [-0.3, -0.25) is 15.1 Å². The molecule has 0 spiro atoms. The molecule has 0 bridgehead atoms. The molecule has 0 unspecified atom stereocenters. The van der Waals surface area contributed by atoms with Crippen LogP contribution >= 0.6 is 0 Å². The third-order valence-corrected chi connectivity index (χ3v) is 0.955. The Morgan fingerprint density at radius 1 is 1.45 bits per heavy atom. The highest BCUT2D eigenvalue weighted by atomic mass is 16.1. The normalized spacial score (nSPS) is 11.0. The van der Waals surface area contributed by atoms with Gasteiger partial charge in [-0.1, -0.05) is 0 Å². The van der Waals surface area contributed by atoms with Crippen molar-refractivity contribution < 1.29 is 4.79 Å². The molecule has 0 aromatic carbocycles. The minimum absolute atomic E-state index is 0.0989. The van der Waals surface area contributed by atoms with Gasteiger partial charge < -0.3 is 5.32 Å². The van der Waals surface area contributed by atoms with Gasteiger partial charge in [0.1, 0.15) is 0 Å². The number of aliphatic imine (C=N–C) groups is 1. The lowest BCUT2D eigenvalue weighted by Crippen LogP contribution is -2.39. The highest BCUT2D eigenvalue weighted by Crippen LogP contribution is 1.71. The largest absolute Gasteiger partial charge is 0.356 e. The topological polar surface area (TPSA) is 53.5 Å². The summed E-state index contributed by atoms with van der Waals surface area (Å²) in [7, 11) is 0. The fraction of sp³-hybridized carbons (Fsp3) is 0.714. The SMILES string of the molecule is CCN=C(NCC)NC(C)=O. The summed E-state index contributed by atoms with van der Waals surface area (Å²) < 4.78 is 0. The van der Waals surface area contributed by atoms with Crippen molar-refractivity contribution in [2.45, 2.75) is 20.8 Å². The molecule has 0 rings (SSSR count). The zero-order chi connectivity index (χ0) is 8.69. The lowest BCUT2D eigenvalue weighted by Gasteiger charge is -2.06. The molecule has 0 aliphatic carbocycles. The maximum atomic E-state index is 10.6. The van der Waals surface area contributed by atoms with Crippen molar-refractivity contribution in [3.8, 4) is 0 Å². The molecule has 0 saturated heterocycles. The van der Waals surface area contributed by atoms with E-state index in [1.807, 2.05) is 13.8 Å². The third-order valence-electron chi connectivity index (χ3n) is 0.955. The highest BCUT2D eigenvalue weighted by Gasteiger charge is 1.96. The molecule has 4 heteroatoms. The van der Waals surface area contributed by atoms with Crippen LogP contribution in [0.5, 0.6) is 0 Å². The summed E-state index contributed by atoms with van der Waals surface area (Å²) in [6, 6.07) is 0. The molecular weight excluding hydrogens is 142 g/mol. The molecule has 0 radical (unpaired) electrons. The second-order valence-electron chi connectivity index (χ2n) is 2.03. The van der Waals surface area contributed by atoms with Crippen LogP contribution in [-0.4, -0.2) is 25.0 Å². The Bertz CT molecular complexity index is 154. The van der Waals surface area contributed by atoms with Crippen molar-refractivity contribution in [2.24, 2.45) is 4.99 Å². The van der Waals surface area contributed by atoms with E-state index in [-0.39, 0.29) is 5.91 Å². The molecule has 11 heavy (non-hydrogen) atoms. The van der Waals surface area contributed by atoms with Crippen LogP contribution in [-0.2, 0) is 4.79 Å². The fourth-order valence-electron chi connectivity index (χ4n) is 0.632. The van der Waals surface area contributed by atoms with Crippen LogP contribution in [0, 0.1) is 0 Å². The summed E-state index contributed by atoms with van der Waals surface area (Å²) in [4.78, 5) is 14.6. The first kappa shape index (κ1) is 9.94. The first-order valence-corrected chi connectivity index (χ1v) is 3.76. The molecule has 2 N–H and O–H groups in total. The molecule has 0 heterocycles. The number of carbonyl (C=O) groups excluding carboxylic acids is 1. The maximum Gasteiger partial charge on any atom is 0.223 e. The first-order valence-electron chi connectivity index (χ1n) is 3.76. The standard InChI is InChI=1S/C7H15N3O/c1-4-8-7(9-5-2)10-6(3)11/h4-5H2,1-3H3,(H2,8,9,10,11). The lowest BCUT2D eigenvalue weighted by molar-refractivity contribution is -0.117. The van der Waals surface area contributed by atoms with Crippen LogP contribution in [0.2, 0.25) is 0 Å². The van der Waals surface area contributed by atoms with Gasteiger partial charge in [-0.25, -0.2) is 0 Å². The lowest BCUT2D eigenvalue weighted by atomic mass is 10.6. The summed E-state index contributed by atoms with van der Waals surface area (Å²) >= 11 is 0. The van der Waals surface area contributed by atoms with Gasteiger partial charge in [-0.15, -0.1) is 0 Å². The predicted octanol–water partition coefficient (Wildman–Crippen LogP) is 0.108. The zero-order valence-electron chi connectivity index (χ0n) is 7.27. The summed E-state index contributed by atoms with van der Waals surface area (Å²) in [5.41, 5.74) is 0. The molecule has 0 aliphatic rings. The van der Waals surface area contributed by atoms with Crippen LogP contribution in [0.15, 0.2) is 4.99 Å². The Labute approximate surface area is 67.1 Å². The van der Waals surface area contributed by atoms with E-state index in [4.69, 9.17) is 0 Å². The maximum absolute atomic E-state index is 10.6. The summed E-state index contributed by atoms with van der Waals surface area (Å²) in [5, 5.41) is 5.51. The number of hydrogen-bond acceptors (Lipinski definition) is 2. The van der Waals surface area contributed by atoms with Gasteiger partial charge in [0, 0.05) is 20.0 Å². The third kappa shape index (κ3) is 5.39. The Morgan fingerprint density at radius 3 is 2.45 bits per heavy atom. The molecule has 0 saturated carbocycles. The fourth-order valence-corrected chi connectivity index (χ4v) is 0.632. The minimum Gasteiger partial charge on any atom is -0.356 e. The molecule has 1 amide bonds. The van der Waals surface area contributed by atoms with Gasteiger partial charge in [0.15, 0.2) is 5.96 Å². The van der Waals surface area contributed by atoms with Crippen LogP contribution in [0.1, 0.15) is 20.8 Å². The van der Waals surface area contributed by atoms with Gasteiger partial charge in [0.2, 0.25) is 5.91 Å². The highest BCUT2D eigenvalue weighted by molar-refractivity contribution is 5.95. The molecule has 64 valence electrons. The number of amides is 1. The van der Waals surface area contributed by atoms with E-state index >= 15 is 0 Å². The van der Waals surface area contributed by atoms with E-state index in [2.05, 4.69) is 15.6 Å². The van der Waals surface area contributed by atoms with Gasteiger partial charge in [-0.2, -0.15) is 0 Å². The van der Waals surface area contributed by atoms with E-state index in [0.717, 1.165) is 6.54 Å². The molecule has 0 aromatic heterocycles. The Morgan fingerprint density at radius 2 is 2.09 bits per heavy atom. The molecule has 0 fully saturated rings. The van der Waals surface area contributed by atoms with Crippen molar-refractivity contribution in [1.29, 1.82) is 0 Å². The Hall–Kier alpha value is -1.06. The smallest absolute Gasteiger partial charge is 0.223 e. The molecular formula is C7H15N3O. The van der Waals surface area contributed by atoms with E-state index in [9.17, 15) is 4.79 Å². The van der Waals surface area contributed by atoms with E-state index in [0.29, 0.717) is 12.5 Å². The van der Waals surface area contributed by atoms with Crippen molar-refractivity contribution in [1.82, 2.24) is 10.6 Å². The van der Waals surface area contributed by atoms with Crippen molar-refractivity contribution >= 4 is 11.9 Å². The van der Waals surface area contributed by atoms with Gasteiger partial charge in [0.25, 0.3) is 0 Å². The monoisotopic (exact) mass is 157 g/mol. The Kier molecular flexibility index (Phi) is 5.15. The zero-order valence-corrected chi connectivity index (χ0v) is 7.27. The van der Waals surface area contributed by atoms with Crippen LogP contribution in [0.3, 0.4) is 0 Å². The predicted molar refractivity (Wildman–Crippen MR) is 45.5 cm³/mol. The number of rotatable bonds is 2. The molecule has 0 aromatic rings. The number of carbonyl (C=O) groups is 1. The van der Waals surface area contributed by atoms with E-state index in [1.165, 1.54) is 6.92 Å². The van der Waals surface area contributed by atoms with Crippen LogP contribution in [0.4, 0.5) is 0 Å². The van der Waals surface area contributed by atoms with Crippen LogP contribution < -0.4 is 10.6 Å². The summed E-state index contributed by atoms with van der Waals surface area (Å²) in [5.74, 6) is 0.459. The second-order valence-corrected chi connectivity index (χ2v) is 2.03. The Balaban J connectivity index is 3.89. The van der Waals surface area contributed by atoms with Crippen molar-refractivity contribution in [3.63, 3.8) is 0 Å². The number of guanidine groups is 1. The molecule has 0 atom stereocenters. The van der Waals surface area contributed by atoms with Crippen LogP contribution in [0.25, 0.3) is 0 Å². The first-order chi connectivity index (χ1) is 5.20. The second kappa shape index (κ2) is 5.70. The van der Waals surface area contributed by atoms with Crippen molar-refractivity contribution in [2.75, 3.05) is 13.1 Å². The summed E-state index contributed by atoms with van der Waals surface area (Å²) in [6.45, 7) is 6.76. The number of hydrogen-bond donors (Lipinski definition) is 2. The van der Waals surface area contributed by atoms with Gasteiger partial charge in [0.05, 0.1) is 0 Å². The average molecular weight is 157 g/mol. The average Bonchev–Trinajstić information content (AvgIpc) is 1.87. The van der Waals surface area contributed by atoms with E-state index < -0.39 is 0 Å².